The predicted molar refractivity (Wildman–Crippen MR) is 65.5 cm³/mol. The van der Waals surface area contributed by atoms with Crippen molar-refractivity contribution < 1.29 is 0 Å². The van der Waals surface area contributed by atoms with Gasteiger partial charge in [-0.2, -0.15) is 0 Å². The lowest BCUT2D eigenvalue weighted by atomic mass is 10.3. The molecule has 0 N–H and O–H groups in total. The molecule has 0 saturated heterocycles. The lowest BCUT2D eigenvalue weighted by Crippen LogP contribution is -2.26. The van der Waals surface area contributed by atoms with E-state index in [0.29, 0.717) is 5.02 Å². The van der Waals surface area contributed by atoms with E-state index in [1.54, 1.807) is 6.20 Å². The zero-order chi connectivity index (χ0) is 10.4. The molecule has 0 saturated carbocycles. The Morgan fingerprint density at radius 2 is 2.21 bits per heavy atom. The Labute approximate surface area is 98.4 Å². The van der Waals surface area contributed by atoms with Gasteiger partial charge in [-0.3, -0.25) is 0 Å². The van der Waals surface area contributed by atoms with Gasteiger partial charge in [-0.1, -0.05) is 34.5 Å². The van der Waals surface area contributed by atoms with Crippen LogP contribution in [0.15, 0.2) is 18.3 Å². The van der Waals surface area contributed by atoms with Crippen LogP contribution in [0.5, 0.6) is 0 Å². The third-order valence-corrected chi connectivity index (χ3v) is 2.46. The van der Waals surface area contributed by atoms with Crippen LogP contribution in [0.25, 0.3) is 0 Å². The third-order valence-electron chi connectivity index (χ3n) is 1.88. The number of nitrogens with zero attached hydrogens (tertiary/aromatic N) is 2. The van der Waals surface area contributed by atoms with Crippen LogP contribution >= 0.6 is 27.5 Å². The quantitative estimate of drug-likeness (QED) is 0.767. The summed E-state index contributed by atoms with van der Waals surface area (Å²) in [4.78, 5) is 6.53. The van der Waals surface area contributed by atoms with E-state index in [9.17, 15) is 0 Å². The van der Waals surface area contributed by atoms with Crippen LogP contribution in [0, 0.1) is 0 Å². The molecule has 0 spiro atoms. The molecule has 0 aliphatic heterocycles. The molecular weight excluding hydrogens is 263 g/mol. The Hall–Kier alpha value is -0.280. The second-order valence-corrected chi connectivity index (χ2v) is 4.24. The van der Waals surface area contributed by atoms with E-state index in [4.69, 9.17) is 11.6 Å². The lowest BCUT2D eigenvalue weighted by molar-refractivity contribution is 0.784. The summed E-state index contributed by atoms with van der Waals surface area (Å²) >= 11 is 9.22. The first-order valence-electron chi connectivity index (χ1n) is 4.70. The Morgan fingerprint density at radius 3 is 2.71 bits per heavy atom. The van der Waals surface area contributed by atoms with Crippen molar-refractivity contribution in [2.75, 3.05) is 23.3 Å². The highest BCUT2D eigenvalue weighted by Crippen LogP contribution is 2.14. The Kier molecular flexibility index (Phi) is 5.26. The highest BCUT2D eigenvalue weighted by atomic mass is 79.9. The van der Waals surface area contributed by atoms with E-state index < -0.39 is 0 Å². The number of anilines is 1. The van der Waals surface area contributed by atoms with Crippen molar-refractivity contribution in [3.8, 4) is 0 Å². The maximum absolute atomic E-state index is 5.78. The highest BCUT2D eigenvalue weighted by molar-refractivity contribution is 9.09. The summed E-state index contributed by atoms with van der Waals surface area (Å²) < 4.78 is 0. The smallest absolute Gasteiger partial charge is 0.128 e. The molecule has 1 heterocycles. The minimum Gasteiger partial charge on any atom is -0.356 e. The van der Waals surface area contributed by atoms with Crippen LogP contribution in [0.1, 0.15) is 13.3 Å². The summed E-state index contributed by atoms with van der Waals surface area (Å²) in [5, 5.41) is 1.64. The Balaban J connectivity index is 2.71. The molecule has 0 unspecified atom stereocenters. The summed E-state index contributed by atoms with van der Waals surface area (Å²) in [6, 6.07) is 3.83. The topological polar surface area (TPSA) is 16.1 Å². The molecule has 0 amide bonds. The van der Waals surface area contributed by atoms with Gasteiger partial charge in [0.2, 0.25) is 0 Å². The van der Waals surface area contributed by atoms with E-state index in [2.05, 4.69) is 32.7 Å². The molecular formula is C10H14BrClN2. The zero-order valence-electron chi connectivity index (χ0n) is 8.21. The minimum atomic E-state index is 0.684. The second-order valence-electron chi connectivity index (χ2n) is 3.01. The molecule has 1 aromatic heterocycles. The maximum Gasteiger partial charge on any atom is 0.128 e. The van der Waals surface area contributed by atoms with Crippen molar-refractivity contribution in [3.63, 3.8) is 0 Å². The Bertz CT molecular complexity index is 257. The second kappa shape index (κ2) is 6.25. The van der Waals surface area contributed by atoms with Crippen molar-refractivity contribution >= 4 is 33.3 Å². The molecule has 1 rings (SSSR count). The predicted octanol–water partition coefficient (Wildman–Crippen LogP) is 3.35. The molecule has 0 bridgehead atoms. The third kappa shape index (κ3) is 3.46. The molecule has 0 aliphatic carbocycles. The first-order chi connectivity index (χ1) is 6.77. The molecule has 0 aromatic carbocycles. The number of pyridine rings is 1. The van der Waals surface area contributed by atoms with E-state index in [-0.39, 0.29) is 0 Å². The molecule has 0 aliphatic rings. The molecule has 0 fully saturated rings. The molecule has 14 heavy (non-hydrogen) atoms. The van der Waals surface area contributed by atoms with Gasteiger partial charge >= 0.3 is 0 Å². The largest absolute Gasteiger partial charge is 0.356 e. The fraction of sp³-hybridized carbons (Fsp3) is 0.500. The van der Waals surface area contributed by atoms with Crippen LogP contribution in [-0.4, -0.2) is 23.4 Å². The van der Waals surface area contributed by atoms with Gasteiger partial charge in [-0.15, -0.1) is 0 Å². The van der Waals surface area contributed by atoms with E-state index in [1.807, 2.05) is 12.1 Å². The van der Waals surface area contributed by atoms with Gasteiger partial charge in [0.15, 0.2) is 0 Å². The minimum absolute atomic E-state index is 0.684. The monoisotopic (exact) mass is 276 g/mol. The number of halogens is 2. The van der Waals surface area contributed by atoms with Crippen LogP contribution in [0.3, 0.4) is 0 Å². The van der Waals surface area contributed by atoms with Crippen LogP contribution in [-0.2, 0) is 0 Å². The van der Waals surface area contributed by atoms with Crippen molar-refractivity contribution in [1.82, 2.24) is 4.98 Å². The average Bonchev–Trinajstić information content (AvgIpc) is 2.19. The first-order valence-corrected chi connectivity index (χ1v) is 6.20. The summed E-state index contributed by atoms with van der Waals surface area (Å²) in [5.41, 5.74) is 0. The number of aromatic nitrogens is 1. The highest BCUT2D eigenvalue weighted by Gasteiger charge is 2.04. The van der Waals surface area contributed by atoms with Crippen LogP contribution in [0.2, 0.25) is 5.02 Å². The Morgan fingerprint density at radius 1 is 1.43 bits per heavy atom. The summed E-state index contributed by atoms with van der Waals surface area (Å²) in [7, 11) is 0. The molecule has 2 nitrogen and oxygen atoms in total. The van der Waals surface area contributed by atoms with Crippen molar-refractivity contribution in [3.05, 3.63) is 23.4 Å². The number of hydrogen-bond donors (Lipinski definition) is 0. The van der Waals surface area contributed by atoms with E-state index in [0.717, 1.165) is 30.7 Å². The van der Waals surface area contributed by atoms with Gasteiger partial charge < -0.3 is 4.90 Å². The molecule has 0 radical (unpaired) electrons. The summed E-state index contributed by atoms with van der Waals surface area (Å²) in [6.45, 7) is 4.17. The standard InChI is InChI=1S/C10H14BrClN2/c1-2-6-14(7-5-11)10-4-3-9(12)8-13-10/h3-4,8H,2,5-7H2,1H3. The van der Waals surface area contributed by atoms with E-state index >= 15 is 0 Å². The molecule has 4 heteroatoms. The molecule has 0 atom stereocenters. The van der Waals surface area contributed by atoms with Crippen molar-refractivity contribution in [1.29, 1.82) is 0 Å². The maximum atomic E-state index is 5.78. The van der Waals surface area contributed by atoms with Crippen molar-refractivity contribution in [2.24, 2.45) is 0 Å². The van der Waals surface area contributed by atoms with Gasteiger partial charge in [-0.05, 0) is 18.6 Å². The van der Waals surface area contributed by atoms with Crippen LogP contribution in [0.4, 0.5) is 5.82 Å². The van der Waals surface area contributed by atoms with Gasteiger partial charge in [0.25, 0.3) is 0 Å². The van der Waals surface area contributed by atoms with Crippen LogP contribution < -0.4 is 4.90 Å². The van der Waals surface area contributed by atoms with Gasteiger partial charge in [-0.25, -0.2) is 4.98 Å². The normalized spacial score (nSPS) is 10.2. The van der Waals surface area contributed by atoms with Gasteiger partial charge in [0, 0.05) is 24.6 Å². The number of rotatable bonds is 5. The molecule has 1 aromatic rings. The zero-order valence-corrected chi connectivity index (χ0v) is 10.6. The van der Waals surface area contributed by atoms with Gasteiger partial charge in [0.05, 0.1) is 5.02 Å². The number of hydrogen-bond acceptors (Lipinski definition) is 2. The fourth-order valence-corrected chi connectivity index (χ4v) is 1.81. The summed E-state index contributed by atoms with van der Waals surface area (Å²) in [6.07, 6.45) is 2.81. The van der Waals surface area contributed by atoms with Crippen molar-refractivity contribution in [2.45, 2.75) is 13.3 Å². The fourth-order valence-electron chi connectivity index (χ4n) is 1.27. The lowest BCUT2D eigenvalue weighted by Gasteiger charge is -2.21. The number of alkyl halides is 1. The van der Waals surface area contributed by atoms with Gasteiger partial charge in [0.1, 0.15) is 5.82 Å². The molecule has 78 valence electrons. The SMILES string of the molecule is CCCN(CCBr)c1ccc(Cl)cn1. The first kappa shape index (κ1) is 11.8. The van der Waals surface area contributed by atoms with E-state index in [1.165, 1.54) is 0 Å². The average molecular weight is 278 g/mol. The summed E-state index contributed by atoms with van der Waals surface area (Å²) in [5.74, 6) is 0.996.